The van der Waals surface area contributed by atoms with E-state index in [1.165, 1.54) is 7.11 Å². The summed E-state index contributed by atoms with van der Waals surface area (Å²) in [5, 5.41) is 13.4. The smallest absolute Gasteiger partial charge is 0.161 e. The van der Waals surface area contributed by atoms with Crippen LogP contribution in [0.5, 0.6) is 17.2 Å². The predicted molar refractivity (Wildman–Crippen MR) is 107 cm³/mol. The average Bonchev–Trinajstić information content (AvgIpc) is 3.11. The minimum absolute atomic E-state index is 0.0874. The number of hydrogen-bond acceptors (Lipinski definition) is 6. The van der Waals surface area contributed by atoms with E-state index in [-0.39, 0.29) is 5.75 Å². The number of benzene rings is 2. The molecule has 0 unspecified atom stereocenters. The van der Waals surface area contributed by atoms with Gasteiger partial charge in [-0.15, -0.1) is 0 Å². The number of anilines is 1. The Labute approximate surface area is 162 Å². The van der Waals surface area contributed by atoms with Gasteiger partial charge in [-0.1, -0.05) is 12.1 Å². The van der Waals surface area contributed by atoms with E-state index in [0.29, 0.717) is 12.3 Å². The zero-order valence-corrected chi connectivity index (χ0v) is 15.6. The summed E-state index contributed by atoms with van der Waals surface area (Å²) in [5.74, 6) is 2.14. The Morgan fingerprint density at radius 3 is 2.64 bits per heavy atom. The van der Waals surface area contributed by atoms with Crippen LogP contribution in [-0.2, 0) is 6.54 Å². The number of aromatic hydroxyl groups is 1. The number of rotatable bonds is 6. The Balaban J connectivity index is 1.72. The lowest BCUT2D eigenvalue weighted by Crippen LogP contribution is -2.03. The predicted octanol–water partition coefficient (Wildman–Crippen LogP) is 3.73. The molecule has 0 radical (unpaired) electrons. The van der Waals surface area contributed by atoms with Crippen LogP contribution in [0.3, 0.4) is 0 Å². The third kappa shape index (κ3) is 3.29. The van der Waals surface area contributed by atoms with Crippen molar-refractivity contribution >= 4 is 11.5 Å². The van der Waals surface area contributed by atoms with Crippen molar-refractivity contribution in [2.75, 3.05) is 19.5 Å². The second-order valence-corrected chi connectivity index (χ2v) is 6.20. The third-order valence-electron chi connectivity index (χ3n) is 4.50. The van der Waals surface area contributed by atoms with Crippen molar-refractivity contribution in [1.29, 1.82) is 0 Å². The fraction of sp³-hybridized carbons (Fsp3) is 0.143. The van der Waals surface area contributed by atoms with E-state index in [9.17, 15) is 5.11 Å². The highest BCUT2D eigenvalue weighted by molar-refractivity contribution is 5.77. The molecule has 0 amide bonds. The van der Waals surface area contributed by atoms with Crippen molar-refractivity contribution in [2.24, 2.45) is 0 Å². The lowest BCUT2D eigenvalue weighted by atomic mass is 10.1. The zero-order valence-electron chi connectivity index (χ0n) is 15.6. The van der Waals surface area contributed by atoms with Crippen molar-refractivity contribution in [3.8, 4) is 28.5 Å². The molecule has 0 aliphatic rings. The molecule has 0 atom stereocenters. The Morgan fingerprint density at radius 2 is 1.89 bits per heavy atom. The van der Waals surface area contributed by atoms with E-state index in [1.807, 2.05) is 40.9 Å². The average molecular weight is 376 g/mol. The minimum Gasteiger partial charge on any atom is -0.504 e. The number of hydrogen-bond donors (Lipinski definition) is 2. The Bertz CT molecular complexity index is 1110. The van der Waals surface area contributed by atoms with E-state index in [0.717, 1.165) is 34.0 Å². The van der Waals surface area contributed by atoms with E-state index in [4.69, 9.17) is 14.5 Å². The number of ether oxygens (including phenoxy) is 2. The standard InChI is InChI=1S/C21H20N4O3/c1-27-16-6-3-14(4-7-16)12-23-21-20(24-19-13-22-9-10-25(19)21)15-5-8-17(26)18(11-15)28-2/h3-11,13,23,26H,12H2,1-2H3. The highest BCUT2D eigenvalue weighted by atomic mass is 16.5. The number of nitrogens with zero attached hydrogens (tertiary/aromatic N) is 3. The van der Waals surface area contributed by atoms with Crippen LogP contribution in [0.25, 0.3) is 16.9 Å². The molecule has 2 N–H and O–H groups in total. The first-order valence-corrected chi connectivity index (χ1v) is 8.76. The van der Waals surface area contributed by atoms with Crippen molar-refractivity contribution in [2.45, 2.75) is 6.54 Å². The summed E-state index contributed by atoms with van der Waals surface area (Å²) in [5.41, 5.74) is 3.41. The van der Waals surface area contributed by atoms with Gasteiger partial charge in [-0.3, -0.25) is 9.38 Å². The molecular weight excluding hydrogens is 356 g/mol. The van der Waals surface area contributed by atoms with E-state index in [1.54, 1.807) is 31.6 Å². The monoisotopic (exact) mass is 376 g/mol. The summed E-state index contributed by atoms with van der Waals surface area (Å²) in [7, 11) is 3.17. The Morgan fingerprint density at radius 1 is 1.07 bits per heavy atom. The topological polar surface area (TPSA) is 80.9 Å². The van der Waals surface area contributed by atoms with Gasteiger partial charge < -0.3 is 19.9 Å². The lowest BCUT2D eigenvalue weighted by molar-refractivity contribution is 0.373. The molecule has 2 aromatic carbocycles. The first kappa shape index (κ1) is 17.7. The van der Waals surface area contributed by atoms with Gasteiger partial charge in [0.05, 0.1) is 20.4 Å². The van der Waals surface area contributed by atoms with Gasteiger partial charge in [0.15, 0.2) is 17.1 Å². The molecule has 7 nitrogen and oxygen atoms in total. The Kier molecular flexibility index (Phi) is 4.72. The van der Waals surface area contributed by atoms with Gasteiger partial charge in [0.25, 0.3) is 0 Å². The highest BCUT2D eigenvalue weighted by Crippen LogP contribution is 2.35. The van der Waals surface area contributed by atoms with Crippen molar-refractivity contribution in [3.63, 3.8) is 0 Å². The molecule has 4 aromatic rings. The van der Waals surface area contributed by atoms with Gasteiger partial charge in [0.1, 0.15) is 17.3 Å². The number of nitrogens with one attached hydrogen (secondary N) is 1. The first-order chi connectivity index (χ1) is 13.7. The molecule has 0 fully saturated rings. The summed E-state index contributed by atoms with van der Waals surface area (Å²) in [6.45, 7) is 0.613. The molecule has 4 rings (SSSR count). The summed E-state index contributed by atoms with van der Waals surface area (Å²) < 4.78 is 12.4. The van der Waals surface area contributed by atoms with Crippen LogP contribution in [-0.4, -0.2) is 33.7 Å². The van der Waals surface area contributed by atoms with Crippen LogP contribution in [0, 0.1) is 0 Å². The fourth-order valence-corrected chi connectivity index (χ4v) is 3.03. The first-order valence-electron chi connectivity index (χ1n) is 8.76. The highest BCUT2D eigenvalue weighted by Gasteiger charge is 2.16. The molecule has 28 heavy (non-hydrogen) atoms. The number of fused-ring (bicyclic) bond motifs is 1. The van der Waals surface area contributed by atoms with E-state index >= 15 is 0 Å². The molecule has 2 heterocycles. The van der Waals surface area contributed by atoms with Crippen LogP contribution in [0.15, 0.2) is 61.1 Å². The zero-order chi connectivity index (χ0) is 19.5. The summed E-state index contributed by atoms with van der Waals surface area (Å²) in [6.07, 6.45) is 5.29. The SMILES string of the molecule is COc1ccc(CNc2c(-c3ccc(O)c(OC)c3)nc3cnccn23)cc1. The second kappa shape index (κ2) is 7.48. The molecule has 0 aliphatic carbocycles. The van der Waals surface area contributed by atoms with Crippen LogP contribution in [0.2, 0.25) is 0 Å². The number of aromatic nitrogens is 3. The summed E-state index contributed by atoms with van der Waals surface area (Å²) in [4.78, 5) is 8.86. The van der Waals surface area contributed by atoms with Crippen LogP contribution in [0.1, 0.15) is 5.56 Å². The maximum absolute atomic E-state index is 9.90. The largest absolute Gasteiger partial charge is 0.504 e. The second-order valence-electron chi connectivity index (χ2n) is 6.20. The number of phenols is 1. The van der Waals surface area contributed by atoms with E-state index < -0.39 is 0 Å². The minimum atomic E-state index is 0.0874. The van der Waals surface area contributed by atoms with Crippen molar-refractivity contribution < 1.29 is 14.6 Å². The third-order valence-corrected chi connectivity index (χ3v) is 4.50. The molecule has 142 valence electrons. The summed E-state index contributed by atoms with van der Waals surface area (Å²) >= 11 is 0. The van der Waals surface area contributed by atoms with Gasteiger partial charge in [0.2, 0.25) is 0 Å². The number of methoxy groups -OCH3 is 2. The van der Waals surface area contributed by atoms with Gasteiger partial charge in [0, 0.05) is 24.5 Å². The quantitative estimate of drug-likeness (QED) is 0.534. The van der Waals surface area contributed by atoms with Gasteiger partial charge in [-0.2, -0.15) is 0 Å². The molecule has 0 saturated carbocycles. The molecular formula is C21H20N4O3. The molecule has 2 aromatic heterocycles. The molecule has 0 saturated heterocycles. The Hall–Kier alpha value is -3.74. The maximum atomic E-state index is 9.90. The number of imidazole rings is 1. The molecule has 0 bridgehead atoms. The van der Waals surface area contributed by atoms with Gasteiger partial charge in [-0.25, -0.2) is 4.98 Å². The van der Waals surface area contributed by atoms with Gasteiger partial charge in [-0.05, 0) is 35.9 Å². The molecule has 7 heteroatoms. The maximum Gasteiger partial charge on any atom is 0.161 e. The van der Waals surface area contributed by atoms with Crippen LogP contribution >= 0.6 is 0 Å². The lowest BCUT2D eigenvalue weighted by Gasteiger charge is -2.10. The fourth-order valence-electron chi connectivity index (χ4n) is 3.03. The molecule has 0 aliphatic heterocycles. The summed E-state index contributed by atoms with van der Waals surface area (Å²) in [6, 6.07) is 13.1. The normalized spacial score (nSPS) is 10.8. The van der Waals surface area contributed by atoms with Crippen molar-refractivity contribution in [1.82, 2.24) is 14.4 Å². The van der Waals surface area contributed by atoms with Gasteiger partial charge >= 0.3 is 0 Å². The van der Waals surface area contributed by atoms with Crippen LogP contribution < -0.4 is 14.8 Å². The number of phenolic OH excluding ortho intramolecular Hbond substituents is 1. The van der Waals surface area contributed by atoms with Crippen molar-refractivity contribution in [3.05, 3.63) is 66.6 Å². The molecule has 0 spiro atoms. The van der Waals surface area contributed by atoms with E-state index in [2.05, 4.69) is 10.3 Å². The van der Waals surface area contributed by atoms with Crippen LogP contribution in [0.4, 0.5) is 5.82 Å².